The van der Waals surface area contributed by atoms with Crippen LogP contribution in [0.5, 0.6) is 0 Å². The van der Waals surface area contributed by atoms with Crippen molar-refractivity contribution in [2.45, 2.75) is 58.0 Å². The van der Waals surface area contributed by atoms with Crippen molar-refractivity contribution < 1.29 is 19.1 Å². The van der Waals surface area contributed by atoms with Gasteiger partial charge in [0.1, 0.15) is 0 Å². The van der Waals surface area contributed by atoms with Gasteiger partial charge in [0.15, 0.2) is 0 Å². The number of likely N-dealkylation sites (tertiary alicyclic amines) is 1. The Morgan fingerprint density at radius 1 is 1.24 bits per heavy atom. The van der Waals surface area contributed by atoms with E-state index in [0.29, 0.717) is 19.4 Å². The van der Waals surface area contributed by atoms with Gasteiger partial charge in [-0.1, -0.05) is 19.8 Å². The van der Waals surface area contributed by atoms with Crippen LogP contribution >= 0.6 is 0 Å². The first-order chi connectivity index (χ1) is 10.2. The Morgan fingerprint density at radius 2 is 1.95 bits per heavy atom. The fourth-order valence-corrected chi connectivity index (χ4v) is 2.42. The number of nitrogens with one attached hydrogen (secondary N) is 1. The first-order valence-electron chi connectivity index (χ1n) is 7.91. The normalized spacial score (nSPS) is 17.0. The molecule has 1 aliphatic heterocycles. The lowest BCUT2D eigenvalue weighted by Gasteiger charge is -2.34. The van der Waals surface area contributed by atoms with Crippen LogP contribution in [0.2, 0.25) is 0 Å². The number of ether oxygens (including phenoxy) is 2. The highest BCUT2D eigenvalue weighted by Gasteiger charge is 2.23. The Morgan fingerprint density at radius 3 is 2.57 bits per heavy atom. The molecule has 0 saturated carbocycles. The summed E-state index contributed by atoms with van der Waals surface area (Å²) in [4.78, 5) is 25.3. The van der Waals surface area contributed by atoms with E-state index in [1.165, 1.54) is 13.5 Å². The number of methoxy groups -OCH3 is 1. The van der Waals surface area contributed by atoms with Crippen molar-refractivity contribution in [3.05, 3.63) is 0 Å². The third-order valence-corrected chi connectivity index (χ3v) is 3.70. The van der Waals surface area contributed by atoms with Crippen molar-refractivity contribution in [2.75, 3.05) is 26.8 Å². The Bertz CT molecular complexity index is 317. The summed E-state index contributed by atoms with van der Waals surface area (Å²) in [6, 6.07) is 0. The summed E-state index contributed by atoms with van der Waals surface area (Å²) >= 11 is 0. The minimum Gasteiger partial charge on any atom is -0.469 e. The van der Waals surface area contributed by atoms with Gasteiger partial charge < -0.3 is 14.8 Å². The molecule has 0 bridgehead atoms. The number of alkyl carbamates (subject to hydrolysis) is 1. The third-order valence-electron chi connectivity index (χ3n) is 3.70. The zero-order chi connectivity index (χ0) is 15.5. The van der Waals surface area contributed by atoms with Crippen LogP contribution in [-0.2, 0) is 14.3 Å². The van der Waals surface area contributed by atoms with E-state index < -0.39 is 6.09 Å². The van der Waals surface area contributed by atoms with Gasteiger partial charge >= 0.3 is 12.1 Å². The molecule has 0 spiro atoms. The van der Waals surface area contributed by atoms with E-state index in [0.717, 1.165) is 38.8 Å². The highest BCUT2D eigenvalue weighted by Crippen LogP contribution is 2.14. The van der Waals surface area contributed by atoms with Gasteiger partial charge in [0.2, 0.25) is 0 Å². The van der Waals surface area contributed by atoms with Crippen molar-refractivity contribution in [3.63, 3.8) is 0 Å². The van der Waals surface area contributed by atoms with Crippen LogP contribution in [0.1, 0.15) is 51.9 Å². The molecule has 0 aromatic heterocycles. The average molecular weight is 300 g/mol. The standard InChI is InChI=1S/C15H28N2O4/c1-3-4-12-21-15(19)16-13(8-9-14(18)20-2)17-10-6-5-7-11-17/h13H,3-12H2,1-2H3,(H,16,19). The number of unbranched alkanes of at least 4 members (excludes halogenated alkanes) is 1. The smallest absolute Gasteiger partial charge is 0.408 e. The molecule has 0 aromatic rings. The summed E-state index contributed by atoms with van der Waals surface area (Å²) in [5, 5.41) is 2.88. The van der Waals surface area contributed by atoms with Crippen LogP contribution in [0, 0.1) is 0 Å². The molecule has 1 N–H and O–H groups in total. The first kappa shape index (κ1) is 17.8. The molecule has 1 amide bonds. The summed E-state index contributed by atoms with van der Waals surface area (Å²) in [5.74, 6) is -0.252. The van der Waals surface area contributed by atoms with Crippen molar-refractivity contribution in [2.24, 2.45) is 0 Å². The van der Waals surface area contributed by atoms with E-state index in [-0.39, 0.29) is 12.1 Å². The lowest BCUT2D eigenvalue weighted by molar-refractivity contribution is -0.141. The number of hydrogen-bond acceptors (Lipinski definition) is 5. The molecule has 0 aliphatic carbocycles. The Balaban J connectivity index is 2.45. The highest BCUT2D eigenvalue weighted by atomic mass is 16.5. The molecule has 0 aromatic carbocycles. The van der Waals surface area contributed by atoms with Crippen LogP contribution in [0.4, 0.5) is 4.79 Å². The predicted molar refractivity (Wildman–Crippen MR) is 79.9 cm³/mol. The molecule has 1 unspecified atom stereocenters. The van der Waals surface area contributed by atoms with Gasteiger partial charge in [0, 0.05) is 19.5 Å². The largest absolute Gasteiger partial charge is 0.469 e. The van der Waals surface area contributed by atoms with E-state index in [2.05, 4.69) is 15.0 Å². The second kappa shape index (κ2) is 10.4. The number of rotatable bonds is 8. The lowest BCUT2D eigenvalue weighted by atomic mass is 10.1. The first-order valence-corrected chi connectivity index (χ1v) is 7.91. The van der Waals surface area contributed by atoms with Gasteiger partial charge in [0.25, 0.3) is 0 Å². The monoisotopic (exact) mass is 300 g/mol. The van der Waals surface area contributed by atoms with Gasteiger partial charge in [-0.05, 0) is 25.7 Å². The Labute approximate surface area is 127 Å². The van der Waals surface area contributed by atoms with Crippen molar-refractivity contribution in [3.8, 4) is 0 Å². The van der Waals surface area contributed by atoms with E-state index in [1.54, 1.807) is 0 Å². The molecule has 21 heavy (non-hydrogen) atoms. The van der Waals surface area contributed by atoms with Crippen LogP contribution < -0.4 is 5.32 Å². The number of nitrogens with zero attached hydrogens (tertiary/aromatic N) is 1. The maximum absolute atomic E-state index is 11.8. The number of carbonyl (C=O) groups is 2. The molecular weight excluding hydrogens is 272 g/mol. The fraction of sp³-hybridized carbons (Fsp3) is 0.867. The SMILES string of the molecule is CCCCOC(=O)NC(CCC(=O)OC)N1CCCCC1. The van der Waals surface area contributed by atoms with Gasteiger partial charge in [-0.25, -0.2) is 4.79 Å². The molecule has 6 heteroatoms. The molecule has 122 valence electrons. The van der Waals surface area contributed by atoms with Crippen molar-refractivity contribution in [1.29, 1.82) is 0 Å². The predicted octanol–water partition coefficient (Wildman–Crippen LogP) is 2.28. The molecule has 1 saturated heterocycles. The van der Waals surface area contributed by atoms with Gasteiger partial charge in [0.05, 0.1) is 19.9 Å². The Hall–Kier alpha value is -1.30. The lowest BCUT2D eigenvalue weighted by Crippen LogP contribution is -2.50. The van der Waals surface area contributed by atoms with Crippen molar-refractivity contribution >= 4 is 12.1 Å². The van der Waals surface area contributed by atoms with Crippen LogP contribution in [0.25, 0.3) is 0 Å². The number of hydrogen-bond donors (Lipinski definition) is 1. The summed E-state index contributed by atoms with van der Waals surface area (Å²) in [5.41, 5.74) is 0. The number of esters is 1. The van der Waals surface area contributed by atoms with Gasteiger partial charge in [-0.3, -0.25) is 9.69 Å². The molecular formula is C15H28N2O4. The van der Waals surface area contributed by atoms with Crippen LogP contribution in [0.3, 0.4) is 0 Å². The maximum atomic E-state index is 11.8. The maximum Gasteiger partial charge on any atom is 0.408 e. The summed E-state index contributed by atoms with van der Waals surface area (Å²) in [6.45, 7) is 4.38. The molecule has 1 atom stereocenters. The van der Waals surface area contributed by atoms with E-state index in [1.807, 2.05) is 6.92 Å². The summed E-state index contributed by atoms with van der Waals surface area (Å²) in [7, 11) is 1.38. The topological polar surface area (TPSA) is 67.9 Å². The highest BCUT2D eigenvalue weighted by molar-refractivity contribution is 5.70. The zero-order valence-electron chi connectivity index (χ0n) is 13.2. The van der Waals surface area contributed by atoms with Crippen LogP contribution in [-0.4, -0.2) is 49.9 Å². The van der Waals surface area contributed by atoms with Gasteiger partial charge in [-0.2, -0.15) is 0 Å². The fourth-order valence-electron chi connectivity index (χ4n) is 2.42. The third kappa shape index (κ3) is 7.32. The quantitative estimate of drug-likeness (QED) is 0.550. The second-order valence-electron chi connectivity index (χ2n) is 5.36. The molecule has 1 fully saturated rings. The molecule has 1 heterocycles. The number of amides is 1. The molecule has 0 radical (unpaired) electrons. The van der Waals surface area contributed by atoms with E-state index >= 15 is 0 Å². The van der Waals surface area contributed by atoms with Crippen molar-refractivity contribution in [1.82, 2.24) is 10.2 Å². The zero-order valence-corrected chi connectivity index (χ0v) is 13.2. The van der Waals surface area contributed by atoms with E-state index in [9.17, 15) is 9.59 Å². The second-order valence-corrected chi connectivity index (χ2v) is 5.36. The number of carbonyl (C=O) groups excluding carboxylic acids is 2. The van der Waals surface area contributed by atoms with Gasteiger partial charge in [-0.15, -0.1) is 0 Å². The summed E-state index contributed by atoms with van der Waals surface area (Å²) in [6.07, 6.45) is 5.63. The van der Waals surface area contributed by atoms with Crippen LogP contribution in [0.15, 0.2) is 0 Å². The minimum atomic E-state index is -0.399. The number of piperidine rings is 1. The average Bonchev–Trinajstić information content (AvgIpc) is 2.52. The molecule has 6 nitrogen and oxygen atoms in total. The summed E-state index contributed by atoms with van der Waals surface area (Å²) < 4.78 is 9.81. The Kier molecular flexibility index (Phi) is 8.82. The van der Waals surface area contributed by atoms with E-state index in [4.69, 9.17) is 4.74 Å². The minimum absolute atomic E-state index is 0.154. The molecule has 1 rings (SSSR count). The molecule has 1 aliphatic rings.